The Morgan fingerprint density at radius 2 is 2.05 bits per heavy atom. The number of amides is 1. The molecule has 1 rings (SSSR count). The number of ether oxygens (including phenoxy) is 2. The molecule has 0 saturated carbocycles. The minimum atomic E-state index is -0.463. The Kier molecular flexibility index (Phi) is 8.24. The van der Waals surface area contributed by atoms with Crippen LogP contribution in [0.2, 0.25) is 0 Å². The number of nitrogens with one attached hydrogen (secondary N) is 1. The zero-order valence-corrected chi connectivity index (χ0v) is 14.5. The second-order valence-electron chi connectivity index (χ2n) is 6.48. The van der Waals surface area contributed by atoms with Gasteiger partial charge in [-0.15, -0.1) is 0 Å². The van der Waals surface area contributed by atoms with E-state index in [0.717, 1.165) is 44.9 Å². The van der Waals surface area contributed by atoms with Crippen LogP contribution in [0.15, 0.2) is 4.99 Å². The standard InChI is InChI=1S/C16H31N3O3/c1-5-6-11-21-12-7-8-17-14-13-19(10-9-18-14)15(20)22-16(2,3)4/h5-13H2,1-4H3,(H,17,18). The third-order valence-corrected chi connectivity index (χ3v) is 3.10. The highest BCUT2D eigenvalue weighted by Crippen LogP contribution is 2.10. The summed E-state index contributed by atoms with van der Waals surface area (Å²) in [7, 11) is 0. The van der Waals surface area contributed by atoms with Gasteiger partial charge in [0.05, 0.1) is 13.1 Å². The molecule has 0 unspecified atom stereocenters. The molecule has 0 radical (unpaired) electrons. The van der Waals surface area contributed by atoms with Crippen molar-refractivity contribution in [3.8, 4) is 0 Å². The Bertz CT molecular complexity index is 364. The van der Waals surface area contributed by atoms with Crippen molar-refractivity contribution in [2.45, 2.75) is 52.6 Å². The maximum atomic E-state index is 12.0. The Morgan fingerprint density at radius 1 is 1.32 bits per heavy atom. The van der Waals surface area contributed by atoms with Crippen LogP contribution in [0.5, 0.6) is 0 Å². The number of hydrogen-bond donors (Lipinski definition) is 1. The molecule has 0 saturated heterocycles. The van der Waals surface area contributed by atoms with Crippen LogP contribution in [0.4, 0.5) is 4.79 Å². The van der Waals surface area contributed by atoms with E-state index in [2.05, 4.69) is 17.2 Å². The first-order chi connectivity index (χ1) is 10.4. The second kappa shape index (κ2) is 9.66. The van der Waals surface area contributed by atoms with Crippen LogP contribution in [0, 0.1) is 0 Å². The lowest BCUT2D eigenvalue weighted by Gasteiger charge is -2.29. The zero-order valence-electron chi connectivity index (χ0n) is 14.5. The summed E-state index contributed by atoms with van der Waals surface area (Å²) in [5.74, 6) is 0.852. The molecule has 0 aromatic rings. The smallest absolute Gasteiger partial charge is 0.410 e. The number of aliphatic imine (C=N–C) groups is 1. The van der Waals surface area contributed by atoms with E-state index in [0.29, 0.717) is 19.6 Å². The molecule has 6 heteroatoms. The van der Waals surface area contributed by atoms with Gasteiger partial charge in [0.25, 0.3) is 0 Å². The summed E-state index contributed by atoms with van der Waals surface area (Å²) in [6, 6.07) is 0. The molecule has 0 aromatic carbocycles. The van der Waals surface area contributed by atoms with E-state index in [4.69, 9.17) is 9.47 Å². The highest BCUT2D eigenvalue weighted by molar-refractivity contribution is 5.87. The van der Waals surface area contributed by atoms with Crippen LogP contribution in [-0.2, 0) is 9.47 Å². The molecule has 1 heterocycles. The molecule has 0 spiro atoms. The molecular weight excluding hydrogens is 282 g/mol. The average molecular weight is 313 g/mol. The Labute approximate surface area is 134 Å². The van der Waals surface area contributed by atoms with Crippen molar-refractivity contribution in [1.82, 2.24) is 10.2 Å². The predicted molar refractivity (Wildman–Crippen MR) is 88.5 cm³/mol. The van der Waals surface area contributed by atoms with Gasteiger partial charge in [-0.1, -0.05) is 13.3 Å². The Morgan fingerprint density at radius 3 is 2.73 bits per heavy atom. The quantitative estimate of drug-likeness (QED) is 0.733. The number of rotatable bonds is 7. The first kappa shape index (κ1) is 18.7. The molecule has 1 N–H and O–H groups in total. The van der Waals surface area contributed by atoms with Crippen LogP contribution in [0.1, 0.15) is 47.0 Å². The summed E-state index contributed by atoms with van der Waals surface area (Å²) < 4.78 is 10.9. The van der Waals surface area contributed by atoms with Crippen LogP contribution < -0.4 is 5.32 Å². The molecule has 0 aromatic heterocycles. The van der Waals surface area contributed by atoms with Crippen LogP contribution in [-0.4, -0.2) is 61.8 Å². The highest BCUT2D eigenvalue weighted by Gasteiger charge is 2.24. The summed E-state index contributed by atoms with van der Waals surface area (Å²) in [6.45, 7) is 11.9. The summed E-state index contributed by atoms with van der Waals surface area (Å²) >= 11 is 0. The highest BCUT2D eigenvalue weighted by atomic mass is 16.6. The molecule has 0 fully saturated rings. The number of amidine groups is 1. The van der Waals surface area contributed by atoms with E-state index in [9.17, 15) is 4.79 Å². The lowest BCUT2D eigenvalue weighted by Crippen LogP contribution is -2.47. The Hall–Kier alpha value is -1.30. The van der Waals surface area contributed by atoms with Gasteiger partial charge >= 0.3 is 6.09 Å². The van der Waals surface area contributed by atoms with Crippen LogP contribution >= 0.6 is 0 Å². The zero-order chi connectivity index (χ0) is 16.4. The number of carbonyl (C=O) groups excluding carboxylic acids is 1. The van der Waals surface area contributed by atoms with Crippen molar-refractivity contribution in [1.29, 1.82) is 0 Å². The molecule has 1 amide bonds. The van der Waals surface area contributed by atoms with Crippen LogP contribution in [0.3, 0.4) is 0 Å². The minimum absolute atomic E-state index is 0.274. The Balaban J connectivity index is 2.20. The fraction of sp³-hybridized carbons (Fsp3) is 0.875. The van der Waals surface area contributed by atoms with Gasteiger partial charge in [-0.3, -0.25) is 9.89 Å². The second-order valence-corrected chi connectivity index (χ2v) is 6.48. The monoisotopic (exact) mass is 313 g/mol. The van der Waals surface area contributed by atoms with E-state index < -0.39 is 5.60 Å². The number of nitrogens with zero attached hydrogens (tertiary/aromatic N) is 2. The van der Waals surface area contributed by atoms with Crippen LogP contribution in [0.25, 0.3) is 0 Å². The van der Waals surface area contributed by atoms with Gasteiger partial charge in [0, 0.05) is 26.3 Å². The van der Waals surface area contributed by atoms with Crippen molar-refractivity contribution < 1.29 is 14.3 Å². The lowest BCUT2D eigenvalue weighted by atomic mass is 10.2. The maximum absolute atomic E-state index is 12.0. The van der Waals surface area contributed by atoms with Gasteiger partial charge in [-0.2, -0.15) is 0 Å². The molecule has 0 atom stereocenters. The summed E-state index contributed by atoms with van der Waals surface area (Å²) in [5, 5.41) is 3.28. The molecule has 1 aliphatic rings. The minimum Gasteiger partial charge on any atom is -0.444 e. The fourth-order valence-corrected chi connectivity index (χ4v) is 1.97. The maximum Gasteiger partial charge on any atom is 0.410 e. The van der Waals surface area contributed by atoms with E-state index in [1.165, 1.54) is 0 Å². The van der Waals surface area contributed by atoms with E-state index in [1.54, 1.807) is 4.90 Å². The first-order valence-corrected chi connectivity index (χ1v) is 8.25. The molecule has 22 heavy (non-hydrogen) atoms. The molecule has 128 valence electrons. The molecule has 0 aliphatic carbocycles. The van der Waals surface area contributed by atoms with Crippen molar-refractivity contribution in [3.05, 3.63) is 0 Å². The van der Waals surface area contributed by atoms with Crippen molar-refractivity contribution >= 4 is 11.9 Å². The predicted octanol–water partition coefficient (Wildman–Crippen LogP) is 2.43. The third-order valence-electron chi connectivity index (χ3n) is 3.10. The van der Waals surface area contributed by atoms with Gasteiger partial charge in [-0.05, 0) is 33.6 Å². The first-order valence-electron chi connectivity index (χ1n) is 8.25. The van der Waals surface area contributed by atoms with Gasteiger partial charge in [0.15, 0.2) is 0 Å². The van der Waals surface area contributed by atoms with E-state index in [-0.39, 0.29) is 6.09 Å². The lowest BCUT2D eigenvalue weighted by molar-refractivity contribution is 0.0276. The SMILES string of the molecule is CCCCOCCCNC1=NCCN(C(=O)OC(C)(C)C)C1. The summed E-state index contributed by atoms with van der Waals surface area (Å²) in [5.41, 5.74) is -0.463. The third kappa shape index (κ3) is 8.22. The number of unbranched alkanes of at least 4 members (excludes halogenated alkanes) is 1. The topological polar surface area (TPSA) is 63.2 Å². The average Bonchev–Trinajstić information content (AvgIpc) is 2.45. The molecular formula is C16H31N3O3. The molecule has 6 nitrogen and oxygen atoms in total. The van der Waals surface area contributed by atoms with Crippen molar-refractivity contribution in [3.63, 3.8) is 0 Å². The normalized spacial score (nSPS) is 15.5. The van der Waals surface area contributed by atoms with Crippen molar-refractivity contribution in [2.24, 2.45) is 4.99 Å². The summed E-state index contributed by atoms with van der Waals surface area (Å²) in [4.78, 5) is 18.2. The summed E-state index contributed by atoms with van der Waals surface area (Å²) in [6.07, 6.45) is 2.94. The van der Waals surface area contributed by atoms with E-state index in [1.807, 2.05) is 20.8 Å². The van der Waals surface area contributed by atoms with Gasteiger partial charge in [-0.25, -0.2) is 4.79 Å². The van der Waals surface area contributed by atoms with E-state index >= 15 is 0 Å². The van der Waals surface area contributed by atoms with Gasteiger partial charge in [0.1, 0.15) is 11.4 Å². The van der Waals surface area contributed by atoms with Crippen molar-refractivity contribution in [2.75, 3.05) is 39.4 Å². The molecule has 1 aliphatic heterocycles. The largest absolute Gasteiger partial charge is 0.444 e. The number of carbonyl (C=O) groups is 1. The fourth-order valence-electron chi connectivity index (χ4n) is 1.97. The van der Waals surface area contributed by atoms with Gasteiger partial charge in [0.2, 0.25) is 0 Å². The molecule has 0 bridgehead atoms. The van der Waals surface area contributed by atoms with Gasteiger partial charge < -0.3 is 14.8 Å². The number of hydrogen-bond acceptors (Lipinski definition) is 5.